The van der Waals surface area contributed by atoms with E-state index in [4.69, 9.17) is 16.3 Å². The van der Waals surface area contributed by atoms with Crippen LogP contribution in [0.4, 0.5) is 10.8 Å². The fraction of sp³-hybridized carbons (Fsp3) is 0.0645. The van der Waals surface area contributed by atoms with E-state index in [2.05, 4.69) is 55.8 Å². The molecule has 0 aliphatic rings. The van der Waals surface area contributed by atoms with Gasteiger partial charge in [-0.1, -0.05) is 69.5 Å². The van der Waals surface area contributed by atoms with Crippen molar-refractivity contribution < 1.29 is 9.53 Å². The van der Waals surface area contributed by atoms with Gasteiger partial charge in [0.1, 0.15) is 12.4 Å². The van der Waals surface area contributed by atoms with E-state index in [1.54, 1.807) is 18.3 Å². The molecule has 0 saturated heterocycles. The van der Waals surface area contributed by atoms with Gasteiger partial charge in [-0.15, -0.1) is 11.3 Å². The first kappa shape index (κ1) is 27.6. The second-order valence-electron chi connectivity index (χ2n) is 8.91. The van der Waals surface area contributed by atoms with Gasteiger partial charge in [0.2, 0.25) is 0 Å². The Labute approximate surface area is 249 Å². The SMILES string of the molecule is Cc1ccc(Nc2nc(-c3ccc(C(=O)N/N=C\c4cc(Br)ccc4OCc4cccc(Cl)c4)cc3)cs2)cc1. The van der Waals surface area contributed by atoms with E-state index in [-0.39, 0.29) is 5.91 Å². The summed E-state index contributed by atoms with van der Waals surface area (Å²) in [5.74, 6) is 0.309. The molecule has 5 rings (SSSR count). The second kappa shape index (κ2) is 12.9. The zero-order valence-corrected chi connectivity index (χ0v) is 24.6. The Morgan fingerprint density at radius 1 is 1.05 bits per heavy atom. The monoisotopic (exact) mass is 630 g/mol. The molecule has 0 fully saturated rings. The highest BCUT2D eigenvalue weighted by molar-refractivity contribution is 9.10. The van der Waals surface area contributed by atoms with Crippen molar-refractivity contribution in [2.24, 2.45) is 5.10 Å². The minimum atomic E-state index is -0.320. The van der Waals surface area contributed by atoms with Crippen LogP contribution in [0, 0.1) is 6.92 Å². The van der Waals surface area contributed by atoms with Gasteiger partial charge in [0, 0.05) is 37.3 Å². The van der Waals surface area contributed by atoms with E-state index in [0.717, 1.165) is 32.1 Å². The summed E-state index contributed by atoms with van der Waals surface area (Å²) in [7, 11) is 0. The number of aryl methyl sites for hydroxylation is 1. The highest BCUT2D eigenvalue weighted by Crippen LogP contribution is 2.28. The molecule has 1 heterocycles. The van der Waals surface area contributed by atoms with Crippen LogP contribution >= 0.6 is 38.9 Å². The third-order valence-corrected chi connectivity index (χ3v) is 7.36. The van der Waals surface area contributed by atoms with Crippen LogP contribution in [0.2, 0.25) is 5.02 Å². The first-order valence-corrected chi connectivity index (χ1v) is 14.4. The molecule has 0 unspecified atom stereocenters. The number of carbonyl (C=O) groups excluding carboxylic acids is 1. The molecule has 2 N–H and O–H groups in total. The van der Waals surface area contributed by atoms with Crippen LogP contribution in [0.25, 0.3) is 11.3 Å². The van der Waals surface area contributed by atoms with Crippen molar-refractivity contribution >= 4 is 61.8 Å². The van der Waals surface area contributed by atoms with Gasteiger partial charge in [-0.3, -0.25) is 4.79 Å². The first-order valence-electron chi connectivity index (χ1n) is 12.3. The molecule has 0 aliphatic heterocycles. The Hall–Kier alpha value is -3.98. The third-order valence-electron chi connectivity index (χ3n) is 5.87. The molecule has 1 amide bonds. The maximum atomic E-state index is 12.7. The molecule has 0 saturated carbocycles. The topological polar surface area (TPSA) is 75.6 Å². The molecule has 1 aromatic heterocycles. The van der Waals surface area contributed by atoms with Gasteiger partial charge in [-0.25, -0.2) is 10.4 Å². The number of benzene rings is 4. The number of amides is 1. The van der Waals surface area contributed by atoms with Gasteiger partial charge in [0.05, 0.1) is 11.9 Å². The maximum Gasteiger partial charge on any atom is 0.271 e. The van der Waals surface area contributed by atoms with Gasteiger partial charge in [-0.2, -0.15) is 5.10 Å². The van der Waals surface area contributed by atoms with E-state index in [9.17, 15) is 4.79 Å². The summed E-state index contributed by atoms with van der Waals surface area (Å²) in [6, 6.07) is 28.5. The van der Waals surface area contributed by atoms with Crippen molar-refractivity contribution in [2.75, 3.05) is 5.32 Å². The number of hydrazone groups is 1. The Kier molecular flexibility index (Phi) is 8.91. The van der Waals surface area contributed by atoms with Crippen molar-refractivity contribution in [1.82, 2.24) is 10.4 Å². The molecule has 0 atom stereocenters. The predicted octanol–water partition coefficient (Wildman–Crippen LogP) is 8.62. The number of halogens is 2. The van der Waals surface area contributed by atoms with Crippen LogP contribution < -0.4 is 15.5 Å². The number of thiazole rings is 1. The number of rotatable bonds is 9. The van der Waals surface area contributed by atoms with Crippen LogP contribution in [0.1, 0.15) is 27.0 Å². The highest BCUT2D eigenvalue weighted by Gasteiger charge is 2.09. The number of hydrogen-bond acceptors (Lipinski definition) is 6. The molecule has 6 nitrogen and oxygen atoms in total. The lowest BCUT2D eigenvalue weighted by Gasteiger charge is -2.10. The van der Waals surface area contributed by atoms with Gasteiger partial charge in [0.25, 0.3) is 5.91 Å². The Balaban J connectivity index is 1.20. The largest absolute Gasteiger partial charge is 0.488 e. The zero-order chi connectivity index (χ0) is 27.9. The Morgan fingerprint density at radius 3 is 2.62 bits per heavy atom. The van der Waals surface area contributed by atoms with Gasteiger partial charge in [-0.05, 0) is 67.1 Å². The second-order valence-corrected chi connectivity index (χ2v) is 11.1. The van der Waals surface area contributed by atoms with E-state index in [1.165, 1.54) is 16.9 Å². The zero-order valence-electron chi connectivity index (χ0n) is 21.4. The van der Waals surface area contributed by atoms with Crippen LogP contribution in [0.5, 0.6) is 5.75 Å². The molecule has 0 aliphatic carbocycles. The number of ether oxygens (including phenoxy) is 1. The average Bonchev–Trinajstić information content (AvgIpc) is 3.42. The van der Waals surface area contributed by atoms with Gasteiger partial charge >= 0.3 is 0 Å². The first-order chi connectivity index (χ1) is 19.4. The smallest absolute Gasteiger partial charge is 0.271 e. The van der Waals surface area contributed by atoms with E-state index >= 15 is 0 Å². The minimum absolute atomic E-state index is 0.320. The van der Waals surface area contributed by atoms with Gasteiger partial charge in [0.15, 0.2) is 5.13 Å². The number of aromatic nitrogens is 1. The highest BCUT2D eigenvalue weighted by atomic mass is 79.9. The molecule has 4 aromatic carbocycles. The van der Waals surface area contributed by atoms with Crippen LogP contribution in [-0.2, 0) is 6.61 Å². The number of nitrogens with one attached hydrogen (secondary N) is 2. The third kappa shape index (κ3) is 7.35. The predicted molar refractivity (Wildman–Crippen MR) is 167 cm³/mol. The summed E-state index contributed by atoms with van der Waals surface area (Å²) in [6.45, 7) is 2.41. The summed E-state index contributed by atoms with van der Waals surface area (Å²) < 4.78 is 6.84. The van der Waals surface area contributed by atoms with Crippen molar-refractivity contribution in [2.45, 2.75) is 13.5 Å². The number of hydrogen-bond donors (Lipinski definition) is 2. The summed E-state index contributed by atoms with van der Waals surface area (Å²) in [4.78, 5) is 17.4. The quantitative estimate of drug-likeness (QED) is 0.126. The molecule has 5 aromatic rings. The van der Waals surface area contributed by atoms with Crippen molar-refractivity contribution in [3.63, 3.8) is 0 Å². The molecule has 40 heavy (non-hydrogen) atoms. The van der Waals surface area contributed by atoms with Crippen molar-refractivity contribution in [3.05, 3.63) is 128 Å². The minimum Gasteiger partial charge on any atom is -0.488 e. The summed E-state index contributed by atoms with van der Waals surface area (Å²) in [5, 5.41) is 10.9. The standard InChI is InChI=1S/C31H24BrClN4O2S/c1-20-5-12-27(13-6-20)35-31-36-28(19-40-31)22-7-9-23(10-8-22)30(38)37-34-17-24-16-25(32)11-14-29(24)39-18-21-3-2-4-26(33)15-21/h2-17,19H,18H2,1H3,(H,35,36)(H,37,38)/b34-17-. The van der Waals surface area contributed by atoms with Crippen LogP contribution in [-0.4, -0.2) is 17.1 Å². The lowest BCUT2D eigenvalue weighted by Crippen LogP contribution is -2.17. The molecular weight excluding hydrogens is 608 g/mol. The van der Waals surface area contributed by atoms with E-state index in [1.807, 2.05) is 72.1 Å². The molecule has 9 heteroatoms. The average molecular weight is 632 g/mol. The molecular formula is C31H24BrClN4O2S. The van der Waals surface area contributed by atoms with Crippen LogP contribution in [0.3, 0.4) is 0 Å². The Bertz CT molecular complexity index is 1650. The van der Waals surface area contributed by atoms with Gasteiger partial charge < -0.3 is 10.1 Å². The van der Waals surface area contributed by atoms with E-state index in [0.29, 0.717) is 28.5 Å². The Morgan fingerprint density at radius 2 is 1.85 bits per heavy atom. The molecule has 0 radical (unpaired) electrons. The number of anilines is 2. The normalized spacial score (nSPS) is 11.0. The lowest BCUT2D eigenvalue weighted by molar-refractivity contribution is 0.0955. The fourth-order valence-corrected chi connectivity index (χ4v) is 5.11. The summed E-state index contributed by atoms with van der Waals surface area (Å²) in [5.41, 5.74) is 8.69. The van der Waals surface area contributed by atoms with Crippen molar-refractivity contribution in [3.8, 4) is 17.0 Å². The fourth-order valence-electron chi connectivity index (χ4n) is 3.78. The van der Waals surface area contributed by atoms with Crippen LogP contribution in [0.15, 0.2) is 106 Å². The number of carbonyl (C=O) groups is 1. The number of nitrogens with zero attached hydrogens (tertiary/aromatic N) is 2. The molecule has 0 spiro atoms. The van der Waals surface area contributed by atoms with Crippen molar-refractivity contribution in [1.29, 1.82) is 0 Å². The summed E-state index contributed by atoms with van der Waals surface area (Å²) >= 11 is 11.1. The molecule has 200 valence electrons. The molecule has 0 bridgehead atoms. The maximum absolute atomic E-state index is 12.7. The summed E-state index contributed by atoms with van der Waals surface area (Å²) in [6.07, 6.45) is 1.56. The van der Waals surface area contributed by atoms with E-state index < -0.39 is 0 Å². The lowest BCUT2D eigenvalue weighted by atomic mass is 10.1.